The molecule has 2 aliphatic rings. The van der Waals surface area contributed by atoms with Crippen LogP contribution in [-0.2, 0) is 11.3 Å². The van der Waals surface area contributed by atoms with Gasteiger partial charge in [0.05, 0.1) is 18.8 Å². The molecule has 1 N–H and O–H groups in total. The lowest BCUT2D eigenvalue weighted by atomic mass is 10.0. The smallest absolute Gasteiger partial charge is 0.125 e. The van der Waals surface area contributed by atoms with Crippen LogP contribution in [0.25, 0.3) is 11.3 Å². The zero-order valence-electron chi connectivity index (χ0n) is 15.9. The van der Waals surface area contributed by atoms with E-state index in [2.05, 4.69) is 35.1 Å². The maximum absolute atomic E-state index is 10.4. The summed E-state index contributed by atoms with van der Waals surface area (Å²) in [7, 11) is 0. The number of nitrogens with zero attached hydrogens (tertiary/aromatic N) is 3. The number of ether oxygens (including phenoxy) is 1. The monoisotopic (exact) mass is 365 g/mol. The van der Waals surface area contributed by atoms with E-state index in [0.717, 1.165) is 74.1 Å². The zero-order chi connectivity index (χ0) is 18.7. The van der Waals surface area contributed by atoms with Gasteiger partial charge in [-0.2, -0.15) is 0 Å². The molecule has 0 spiro atoms. The molecule has 2 aromatic rings. The predicted octanol–water partition coefficient (Wildman–Crippen LogP) is 3.48. The van der Waals surface area contributed by atoms with Gasteiger partial charge in [-0.3, -0.25) is 0 Å². The summed E-state index contributed by atoms with van der Waals surface area (Å²) in [6.45, 7) is 3.67. The Balaban J connectivity index is 1.47. The van der Waals surface area contributed by atoms with Crippen LogP contribution in [0.1, 0.15) is 56.1 Å². The topological polar surface area (TPSA) is 60.2 Å². The Kier molecular flexibility index (Phi) is 5.29. The van der Waals surface area contributed by atoms with Gasteiger partial charge < -0.3 is 9.84 Å². The summed E-state index contributed by atoms with van der Waals surface area (Å²) < 4.78 is 7.67. The van der Waals surface area contributed by atoms with Gasteiger partial charge in [-0.25, -0.2) is 4.68 Å². The van der Waals surface area contributed by atoms with Gasteiger partial charge in [0.1, 0.15) is 11.3 Å². The summed E-state index contributed by atoms with van der Waals surface area (Å²) in [5.74, 6) is 6.22. The molecule has 2 heterocycles. The van der Waals surface area contributed by atoms with Gasteiger partial charge in [-0.1, -0.05) is 23.1 Å². The summed E-state index contributed by atoms with van der Waals surface area (Å²) >= 11 is 0. The van der Waals surface area contributed by atoms with Crippen LogP contribution >= 0.6 is 0 Å². The second kappa shape index (κ2) is 7.84. The number of hydrogen-bond donors (Lipinski definition) is 1. The van der Waals surface area contributed by atoms with Crippen molar-refractivity contribution >= 4 is 0 Å². The Bertz CT molecular complexity index is 850. The van der Waals surface area contributed by atoms with Crippen LogP contribution in [0.3, 0.4) is 0 Å². The van der Waals surface area contributed by atoms with Gasteiger partial charge in [0.15, 0.2) is 0 Å². The first-order valence-electron chi connectivity index (χ1n) is 10.00. The highest BCUT2D eigenvalue weighted by Gasteiger charge is 2.28. The van der Waals surface area contributed by atoms with E-state index in [0.29, 0.717) is 0 Å². The van der Waals surface area contributed by atoms with Crippen molar-refractivity contribution in [1.29, 1.82) is 0 Å². The van der Waals surface area contributed by atoms with Crippen molar-refractivity contribution in [3.63, 3.8) is 0 Å². The van der Waals surface area contributed by atoms with Crippen molar-refractivity contribution in [3.8, 4) is 23.1 Å². The van der Waals surface area contributed by atoms with Crippen molar-refractivity contribution in [2.24, 2.45) is 0 Å². The number of aryl methyl sites for hydroxylation is 1. The van der Waals surface area contributed by atoms with E-state index in [1.807, 2.05) is 23.0 Å². The van der Waals surface area contributed by atoms with Gasteiger partial charge in [0.25, 0.3) is 0 Å². The summed E-state index contributed by atoms with van der Waals surface area (Å²) in [5.41, 5.74) is 3.19. The third-order valence-corrected chi connectivity index (χ3v) is 5.58. The van der Waals surface area contributed by atoms with Crippen LogP contribution in [0.4, 0.5) is 0 Å². The Morgan fingerprint density at radius 1 is 1.26 bits per heavy atom. The van der Waals surface area contributed by atoms with Crippen molar-refractivity contribution in [3.05, 3.63) is 35.5 Å². The minimum Gasteiger partial charge on any atom is -0.378 e. The maximum atomic E-state index is 10.4. The summed E-state index contributed by atoms with van der Waals surface area (Å²) in [4.78, 5) is 0. The molecule has 0 unspecified atom stereocenters. The maximum Gasteiger partial charge on any atom is 0.125 e. The second-order valence-corrected chi connectivity index (χ2v) is 7.83. The molecule has 5 nitrogen and oxygen atoms in total. The van der Waals surface area contributed by atoms with E-state index in [1.165, 1.54) is 6.42 Å². The molecule has 2 fully saturated rings. The Hall–Kier alpha value is -2.16. The molecule has 1 atom stereocenters. The van der Waals surface area contributed by atoms with Crippen molar-refractivity contribution < 1.29 is 9.84 Å². The van der Waals surface area contributed by atoms with Gasteiger partial charge in [-0.05, 0) is 69.6 Å². The first-order valence-corrected chi connectivity index (χ1v) is 10.00. The van der Waals surface area contributed by atoms with Crippen LogP contribution in [0.5, 0.6) is 0 Å². The fourth-order valence-corrected chi connectivity index (χ4v) is 3.97. The second-order valence-electron chi connectivity index (χ2n) is 7.83. The van der Waals surface area contributed by atoms with Gasteiger partial charge in [-0.15, -0.1) is 5.10 Å². The molecule has 27 heavy (non-hydrogen) atoms. The molecule has 0 amide bonds. The highest BCUT2D eigenvalue weighted by atomic mass is 16.5. The van der Waals surface area contributed by atoms with Crippen molar-refractivity contribution in [2.45, 2.75) is 70.1 Å². The van der Waals surface area contributed by atoms with E-state index < -0.39 is 5.60 Å². The molecule has 1 aliphatic carbocycles. The molecular formula is C22H27N3O2. The highest BCUT2D eigenvalue weighted by molar-refractivity contribution is 5.64. The van der Waals surface area contributed by atoms with E-state index in [1.54, 1.807) is 0 Å². The first kappa shape index (κ1) is 18.2. The molecule has 1 aliphatic heterocycles. The van der Waals surface area contributed by atoms with Crippen LogP contribution in [0, 0.1) is 18.8 Å². The molecule has 5 heteroatoms. The van der Waals surface area contributed by atoms with Gasteiger partial charge in [0.2, 0.25) is 0 Å². The fourth-order valence-electron chi connectivity index (χ4n) is 3.97. The quantitative estimate of drug-likeness (QED) is 0.846. The number of aliphatic hydroxyl groups is 1. The highest BCUT2D eigenvalue weighted by Crippen LogP contribution is 2.29. The van der Waals surface area contributed by atoms with E-state index in [-0.39, 0.29) is 6.10 Å². The lowest BCUT2D eigenvalue weighted by Crippen LogP contribution is -2.24. The molecule has 1 saturated carbocycles. The van der Waals surface area contributed by atoms with Gasteiger partial charge in [0, 0.05) is 17.7 Å². The SMILES string of the molecule is Cc1cc(C#CC2(O)CCCC2)ccc1-c1cn(C[C@H]2CCCCO2)nn1. The largest absolute Gasteiger partial charge is 0.378 e. The molecule has 1 aromatic carbocycles. The van der Waals surface area contributed by atoms with Crippen LogP contribution in [0.15, 0.2) is 24.4 Å². The normalized spacial score (nSPS) is 21.6. The minimum absolute atomic E-state index is 0.244. The number of hydrogen-bond acceptors (Lipinski definition) is 4. The van der Waals surface area contributed by atoms with Crippen molar-refractivity contribution in [1.82, 2.24) is 15.0 Å². The van der Waals surface area contributed by atoms with E-state index in [4.69, 9.17) is 4.74 Å². The summed E-state index contributed by atoms with van der Waals surface area (Å²) in [5, 5.41) is 19.0. The molecule has 4 rings (SSSR count). The summed E-state index contributed by atoms with van der Waals surface area (Å²) in [6.07, 6.45) is 9.40. The molecule has 1 saturated heterocycles. The minimum atomic E-state index is -0.795. The molecular weight excluding hydrogens is 338 g/mol. The Labute approximate surface area is 160 Å². The first-order chi connectivity index (χ1) is 13.1. The van der Waals surface area contributed by atoms with Crippen molar-refractivity contribution in [2.75, 3.05) is 6.61 Å². The molecule has 142 valence electrons. The third-order valence-electron chi connectivity index (χ3n) is 5.58. The van der Waals surface area contributed by atoms with E-state index in [9.17, 15) is 5.11 Å². The zero-order valence-corrected chi connectivity index (χ0v) is 15.9. The Morgan fingerprint density at radius 3 is 2.85 bits per heavy atom. The molecule has 0 radical (unpaired) electrons. The summed E-state index contributed by atoms with van der Waals surface area (Å²) in [6, 6.07) is 6.10. The van der Waals surface area contributed by atoms with E-state index >= 15 is 0 Å². The Morgan fingerprint density at radius 2 is 2.11 bits per heavy atom. The average molecular weight is 365 g/mol. The van der Waals surface area contributed by atoms with Crippen LogP contribution < -0.4 is 0 Å². The molecule has 1 aromatic heterocycles. The number of aromatic nitrogens is 3. The fraction of sp³-hybridized carbons (Fsp3) is 0.545. The van der Waals surface area contributed by atoms with Crippen LogP contribution in [0.2, 0.25) is 0 Å². The van der Waals surface area contributed by atoms with Gasteiger partial charge >= 0.3 is 0 Å². The third kappa shape index (κ3) is 4.40. The lowest BCUT2D eigenvalue weighted by molar-refractivity contribution is 0.00370. The predicted molar refractivity (Wildman–Crippen MR) is 104 cm³/mol. The number of rotatable bonds is 3. The lowest BCUT2D eigenvalue weighted by Gasteiger charge is -2.21. The standard InChI is InChI=1S/C22H27N3O2/c1-17-14-18(9-12-22(26)10-3-4-11-22)7-8-20(17)21-16-25(24-23-21)15-19-6-2-5-13-27-19/h7-8,14,16,19,26H,2-6,10-11,13,15H2,1H3/t19-/m1/s1. The number of benzene rings is 1. The molecule has 0 bridgehead atoms. The van der Waals surface area contributed by atoms with Crippen LogP contribution in [-0.4, -0.2) is 38.4 Å². The average Bonchev–Trinajstić information content (AvgIpc) is 3.31.